The number of fused-ring (bicyclic) bond motifs is 1. The smallest absolute Gasteiger partial charge is 0.291 e. The second-order valence-corrected chi connectivity index (χ2v) is 8.41. The van der Waals surface area contributed by atoms with Crippen LogP contribution in [0.1, 0.15) is 19.4 Å². The molecule has 4 aromatic rings. The third-order valence-electron chi connectivity index (χ3n) is 4.54. The van der Waals surface area contributed by atoms with E-state index in [9.17, 15) is 4.79 Å². The Kier molecular flexibility index (Phi) is 6.13. The first-order valence-corrected chi connectivity index (χ1v) is 10.8. The second-order valence-electron chi connectivity index (χ2n) is 7.40. The highest BCUT2D eigenvalue weighted by Crippen LogP contribution is 2.21. The summed E-state index contributed by atoms with van der Waals surface area (Å²) in [7, 11) is 1.63. The lowest BCUT2D eigenvalue weighted by Crippen LogP contribution is -2.23. The number of ether oxygens (including phenoxy) is 2. The van der Waals surface area contributed by atoms with E-state index in [1.807, 2.05) is 60.7 Å². The number of para-hydroxylation sites is 1. The Hall–Kier alpha value is -3.45. The molecule has 6 nitrogen and oxygen atoms in total. The number of allylic oxidation sites excluding steroid dienone is 1. The van der Waals surface area contributed by atoms with Gasteiger partial charge >= 0.3 is 0 Å². The molecule has 0 N–H and O–H groups in total. The van der Waals surface area contributed by atoms with Crippen LogP contribution in [0.15, 0.2) is 59.4 Å². The lowest BCUT2D eigenvalue weighted by Gasteiger charge is -2.08. The average molecular weight is 434 g/mol. The van der Waals surface area contributed by atoms with E-state index in [0.29, 0.717) is 27.8 Å². The standard InChI is InChI=1S/C24H23N3O3S/c1-16(2)15-30-19-13-11-18(12-14-19)22-25-24-27(26-22)23(28)21(31-24)10-6-8-17-7-4-5-9-20(17)29-3/h4-14,16H,15H2,1-3H3/b8-6+,21-10+. The van der Waals surface area contributed by atoms with E-state index in [0.717, 1.165) is 22.6 Å². The van der Waals surface area contributed by atoms with Gasteiger partial charge in [-0.1, -0.05) is 55.5 Å². The Morgan fingerprint density at radius 1 is 1.13 bits per heavy atom. The maximum Gasteiger partial charge on any atom is 0.291 e. The van der Waals surface area contributed by atoms with Gasteiger partial charge in [0.05, 0.1) is 18.2 Å². The maximum atomic E-state index is 12.7. The fourth-order valence-corrected chi connectivity index (χ4v) is 3.84. The van der Waals surface area contributed by atoms with Crippen LogP contribution >= 0.6 is 11.3 Å². The fraction of sp³-hybridized carbons (Fsp3) is 0.208. The Labute approximate surface area is 184 Å². The van der Waals surface area contributed by atoms with E-state index in [4.69, 9.17) is 9.47 Å². The molecule has 0 fully saturated rings. The molecule has 0 aliphatic rings. The molecule has 2 heterocycles. The molecule has 7 heteroatoms. The van der Waals surface area contributed by atoms with Crippen molar-refractivity contribution in [2.24, 2.45) is 5.92 Å². The highest BCUT2D eigenvalue weighted by atomic mass is 32.1. The van der Waals surface area contributed by atoms with E-state index in [1.54, 1.807) is 13.2 Å². The molecular weight excluding hydrogens is 410 g/mol. The predicted molar refractivity (Wildman–Crippen MR) is 125 cm³/mol. The summed E-state index contributed by atoms with van der Waals surface area (Å²) in [6.07, 6.45) is 5.51. The number of benzene rings is 2. The number of methoxy groups -OCH3 is 1. The zero-order valence-electron chi connectivity index (χ0n) is 17.6. The van der Waals surface area contributed by atoms with Gasteiger partial charge in [-0.15, -0.1) is 5.10 Å². The van der Waals surface area contributed by atoms with Crippen molar-refractivity contribution >= 4 is 28.4 Å². The number of aromatic nitrogens is 3. The van der Waals surface area contributed by atoms with Crippen LogP contribution in [-0.4, -0.2) is 28.3 Å². The van der Waals surface area contributed by atoms with E-state index in [-0.39, 0.29) is 5.56 Å². The Balaban J connectivity index is 1.56. The quantitative estimate of drug-likeness (QED) is 0.440. The summed E-state index contributed by atoms with van der Waals surface area (Å²) in [6.45, 7) is 4.88. The third-order valence-corrected chi connectivity index (χ3v) is 5.52. The van der Waals surface area contributed by atoms with Crippen molar-refractivity contribution in [3.8, 4) is 22.9 Å². The van der Waals surface area contributed by atoms with Crippen molar-refractivity contribution in [1.29, 1.82) is 0 Å². The fourth-order valence-electron chi connectivity index (χ4n) is 2.98. The van der Waals surface area contributed by atoms with E-state index in [1.165, 1.54) is 15.9 Å². The zero-order valence-corrected chi connectivity index (χ0v) is 18.4. The Morgan fingerprint density at radius 3 is 2.61 bits per heavy atom. The molecular formula is C24H23N3O3S. The molecule has 31 heavy (non-hydrogen) atoms. The maximum absolute atomic E-state index is 12.7. The molecule has 158 valence electrons. The number of hydrogen-bond acceptors (Lipinski definition) is 6. The molecule has 0 spiro atoms. The molecule has 0 aliphatic heterocycles. The van der Waals surface area contributed by atoms with Crippen LogP contribution in [0.25, 0.3) is 28.5 Å². The molecule has 0 bridgehead atoms. The monoisotopic (exact) mass is 433 g/mol. The highest BCUT2D eigenvalue weighted by molar-refractivity contribution is 7.15. The third kappa shape index (κ3) is 4.67. The van der Waals surface area contributed by atoms with E-state index in [2.05, 4.69) is 23.9 Å². The average Bonchev–Trinajstić information content (AvgIpc) is 3.32. The summed E-state index contributed by atoms with van der Waals surface area (Å²) < 4.78 is 13.0. The topological polar surface area (TPSA) is 65.7 Å². The van der Waals surface area contributed by atoms with Crippen LogP contribution in [0.5, 0.6) is 11.5 Å². The summed E-state index contributed by atoms with van der Waals surface area (Å²) in [5, 5.41) is 4.40. The van der Waals surface area contributed by atoms with Gasteiger partial charge < -0.3 is 9.47 Å². The first-order chi connectivity index (χ1) is 15.0. The second kappa shape index (κ2) is 9.14. The molecule has 4 rings (SSSR count). The van der Waals surface area contributed by atoms with Crippen molar-refractivity contribution in [2.45, 2.75) is 13.8 Å². The van der Waals surface area contributed by atoms with Crippen molar-refractivity contribution < 1.29 is 9.47 Å². The van der Waals surface area contributed by atoms with Crippen LogP contribution in [0.2, 0.25) is 0 Å². The van der Waals surface area contributed by atoms with E-state index < -0.39 is 0 Å². The molecule has 0 saturated carbocycles. The number of hydrogen-bond donors (Lipinski definition) is 0. The first kappa shape index (κ1) is 20.8. The van der Waals surface area contributed by atoms with Crippen molar-refractivity contribution in [3.05, 3.63) is 75.1 Å². The summed E-state index contributed by atoms with van der Waals surface area (Å²) in [4.78, 5) is 17.8. The predicted octanol–water partition coefficient (Wildman–Crippen LogP) is 4.07. The number of nitrogens with zero attached hydrogens (tertiary/aromatic N) is 3. The van der Waals surface area contributed by atoms with Gasteiger partial charge in [0.2, 0.25) is 4.96 Å². The zero-order chi connectivity index (χ0) is 21.8. The highest BCUT2D eigenvalue weighted by Gasteiger charge is 2.12. The van der Waals surface area contributed by atoms with E-state index >= 15 is 0 Å². The molecule has 2 aromatic heterocycles. The van der Waals surface area contributed by atoms with Crippen LogP contribution in [0, 0.1) is 5.92 Å². The van der Waals surface area contributed by atoms with Gasteiger partial charge in [0, 0.05) is 11.1 Å². The van der Waals surface area contributed by atoms with Gasteiger partial charge in [-0.25, -0.2) is 0 Å². The van der Waals surface area contributed by atoms with Crippen LogP contribution < -0.4 is 19.6 Å². The molecule has 0 unspecified atom stereocenters. The minimum atomic E-state index is -0.180. The van der Waals surface area contributed by atoms with Crippen molar-refractivity contribution in [2.75, 3.05) is 13.7 Å². The van der Waals surface area contributed by atoms with Gasteiger partial charge in [0.15, 0.2) is 5.82 Å². The Bertz CT molecular complexity index is 1320. The first-order valence-electron chi connectivity index (χ1n) is 9.99. The molecule has 0 atom stereocenters. The van der Waals surface area contributed by atoms with Gasteiger partial charge in [-0.05, 0) is 42.3 Å². The van der Waals surface area contributed by atoms with Crippen LogP contribution in [0.4, 0.5) is 0 Å². The summed E-state index contributed by atoms with van der Waals surface area (Å²) in [5.41, 5.74) is 1.60. The summed E-state index contributed by atoms with van der Waals surface area (Å²) in [6, 6.07) is 15.3. The van der Waals surface area contributed by atoms with Crippen molar-refractivity contribution in [1.82, 2.24) is 14.6 Å². The molecule has 0 amide bonds. The van der Waals surface area contributed by atoms with Crippen LogP contribution in [-0.2, 0) is 0 Å². The minimum absolute atomic E-state index is 0.180. The molecule has 0 saturated heterocycles. The molecule has 0 aliphatic carbocycles. The Morgan fingerprint density at radius 2 is 1.90 bits per heavy atom. The normalized spacial score (nSPS) is 12.3. The van der Waals surface area contributed by atoms with Crippen molar-refractivity contribution in [3.63, 3.8) is 0 Å². The molecule has 0 radical (unpaired) electrons. The van der Waals surface area contributed by atoms with Gasteiger partial charge in [0.1, 0.15) is 11.5 Å². The van der Waals surface area contributed by atoms with Crippen LogP contribution in [0.3, 0.4) is 0 Å². The SMILES string of the molecule is COc1ccccc1/C=C/C=c1/sc2nc(-c3ccc(OCC(C)C)cc3)nn2c1=O. The number of rotatable bonds is 7. The lowest BCUT2D eigenvalue weighted by molar-refractivity contribution is 0.271. The van der Waals surface area contributed by atoms with Gasteiger partial charge in [-0.3, -0.25) is 4.79 Å². The minimum Gasteiger partial charge on any atom is -0.496 e. The summed E-state index contributed by atoms with van der Waals surface area (Å²) in [5.74, 6) is 2.58. The molecule has 2 aromatic carbocycles. The van der Waals surface area contributed by atoms with Gasteiger partial charge in [0.25, 0.3) is 5.56 Å². The lowest BCUT2D eigenvalue weighted by atomic mass is 10.2. The van der Waals surface area contributed by atoms with Gasteiger partial charge in [-0.2, -0.15) is 9.50 Å². The largest absolute Gasteiger partial charge is 0.496 e. The number of thiazole rings is 1. The summed E-state index contributed by atoms with van der Waals surface area (Å²) >= 11 is 1.31.